The lowest BCUT2D eigenvalue weighted by atomic mass is 9.98. The Kier molecular flexibility index (Phi) is 1.51. The highest BCUT2D eigenvalue weighted by molar-refractivity contribution is 5.34. The molecule has 78 valence electrons. The fourth-order valence-electron chi connectivity index (χ4n) is 3.05. The minimum atomic E-state index is 0.0908. The van der Waals surface area contributed by atoms with E-state index in [2.05, 4.69) is 55.3 Å². The monoisotopic (exact) mass is 200 g/mol. The van der Waals surface area contributed by atoms with E-state index in [1.54, 1.807) is 0 Å². The van der Waals surface area contributed by atoms with Gasteiger partial charge in [-0.1, -0.05) is 44.2 Å². The molecule has 1 saturated carbocycles. The van der Waals surface area contributed by atoms with Crippen molar-refractivity contribution in [3.8, 4) is 0 Å². The maximum Gasteiger partial charge on any atom is 0.102 e. The fraction of sp³-hybridized carbons (Fsp3) is 0.538. The van der Waals surface area contributed by atoms with Gasteiger partial charge in [0.25, 0.3) is 0 Å². The van der Waals surface area contributed by atoms with E-state index >= 15 is 0 Å². The molecule has 0 aromatic heterocycles. The van der Waals surface area contributed by atoms with Crippen molar-refractivity contribution in [2.45, 2.75) is 32.4 Å². The Morgan fingerprint density at radius 3 is 2.27 bits per heavy atom. The van der Waals surface area contributed by atoms with Gasteiger partial charge < -0.3 is 0 Å². The summed E-state index contributed by atoms with van der Waals surface area (Å²) < 4.78 is 0. The first kappa shape index (κ1) is 9.08. The van der Waals surface area contributed by atoms with Crippen LogP contribution in [0.5, 0.6) is 0 Å². The van der Waals surface area contributed by atoms with E-state index in [4.69, 9.17) is 0 Å². The molecule has 3 atom stereocenters. The lowest BCUT2D eigenvalue weighted by Gasteiger charge is -2.12. The van der Waals surface area contributed by atoms with Gasteiger partial charge in [0.2, 0.25) is 0 Å². The number of hydrogen-bond donors (Lipinski definition) is 0. The first-order chi connectivity index (χ1) is 7.07. The summed E-state index contributed by atoms with van der Waals surface area (Å²) in [5.74, 6) is 0.590. The SMILES string of the molecule is CC1(C)C2[C@@H](c3ccccc3)N=NC21C. The number of fused-ring (bicyclic) bond motifs is 1. The molecule has 0 bridgehead atoms. The average molecular weight is 200 g/mol. The fourth-order valence-corrected chi connectivity index (χ4v) is 3.05. The van der Waals surface area contributed by atoms with Gasteiger partial charge in [0.15, 0.2) is 0 Å². The van der Waals surface area contributed by atoms with Crippen molar-refractivity contribution in [2.75, 3.05) is 0 Å². The first-order valence-corrected chi connectivity index (χ1v) is 5.54. The Hall–Kier alpha value is -1.18. The van der Waals surface area contributed by atoms with Crippen LogP contribution in [-0.2, 0) is 0 Å². The van der Waals surface area contributed by atoms with Gasteiger partial charge in [-0.15, -0.1) is 0 Å². The van der Waals surface area contributed by atoms with Crippen LogP contribution < -0.4 is 0 Å². The van der Waals surface area contributed by atoms with Crippen LogP contribution in [0.4, 0.5) is 0 Å². The summed E-state index contributed by atoms with van der Waals surface area (Å²) in [6.45, 7) is 6.82. The molecule has 2 nitrogen and oxygen atoms in total. The molecule has 0 N–H and O–H groups in total. The molecule has 0 spiro atoms. The maximum absolute atomic E-state index is 4.48. The molecule has 2 aliphatic rings. The van der Waals surface area contributed by atoms with Crippen LogP contribution in [0.2, 0.25) is 0 Å². The van der Waals surface area contributed by atoms with Crippen LogP contribution in [0.25, 0.3) is 0 Å². The number of rotatable bonds is 1. The van der Waals surface area contributed by atoms with Crippen LogP contribution in [-0.4, -0.2) is 5.54 Å². The summed E-state index contributed by atoms with van der Waals surface area (Å²) in [7, 11) is 0. The predicted octanol–water partition coefficient (Wildman–Crippen LogP) is 3.61. The van der Waals surface area contributed by atoms with Crippen molar-refractivity contribution >= 4 is 0 Å². The van der Waals surface area contributed by atoms with Crippen molar-refractivity contribution in [2.24, 2.45) is 21.6 Å². The van der Waals surface area contributed by atoms with Gasteiger partial charge in [0, 0.05) is 5.92 Å². The molecule has 2 heteroatoms. The summed E-state index contributed by atoms with van der Waals surface area (Å²) in [4.78, 5) is 0. The minimum absolute atomic E-state index is 0.0908. The molecule has 15 heavy (non-hydrogen) atoms. The first-order valence-electron chi connectivity index (χ1n) is 5.54. The second kappa shape index (κ2) is 2.49. The molecule has 0 saturated heterocycles. The van der Waals surface area contributed by atoms with Gasteiger partial charge in [-0.2, -0.15) is 10.2 Å². The molecule has 1 aromatic carbocycles. The summed E-state index contributed by atoms with van der Waals surface area (Å²) in [5.41, 5.74) is 1.71. The van der Waals surface area contributed by atoms with Gasteiger partial charge >= 0.3 is 0 Å². The average Bonchev–Trinajstić information content (AvgIpc) is 2.58. The summed E-state index contributed by atoms with van der Waals surface area (Å²) in [6, 6.07) is 10.8. The largest absolute Gasteiger partial charge is 0.186 e. The molecule has 1 aromatic rings. The molecule has 1 aliphatic carbocycles. The molecule has 1 aliphatic heterocycles. The summed E-state index contributed by atoms with van der Waals surface area (Å²) in [5, 5.41) is 8.91. The zero-order chi connectivity index (χ0) is 10.7. The minimum Gasteiger partial charge on any atom is -0.186 e. The number of hydrogen-bond acceptors (Lipinski definition) is 2. The van der Waals surface area contributed by atoms with Crippen molar-refractivity contribution in [1.29, 1.82) is 0 Å². The normalized spacial score (nSPS) is 40.2. The highest BCUT2D eigenvalue weighted by atomic mass is 15.3. The van der Waals surface area contributed by atoms with Gasteiger partial charge in [0.05, 0.1) is 5.54 Å². The van der Waals surface area contributed by atoms with Gasteiger partial charge in [0.1, 0.15) is 6.04 Å². The van der Waals surface area contributed by atoms with Crippen molar-refractivity contribution in [3.05, 3.63) is 35.9 Å². The Labute approximate surface area is 90.4 Å². The molecule has 0 amide bonds. The van der Waals surface area contributed by atoms with E-state index in [-0.39, 0.29) is 11.6 Å². The van der Waals surface area contributed by atoms with E-state index < -0.39 is 0 Å². The zero-order valence-corrected chi connectivity index (χ0v) is 9.44. The third-order valence-corrected chi connectivity index (χ3v) is 4.45. The maximum atomic E-state index is 4.48. The molecular formula is C13H16N2. The van der Waals surface area contributed by atoms with Gasteiger partial charge in [-0.25, -0.2) is 0 Å². The van der Waals surface area contributed by atoms with E-state index in [9.17, 15) is 0 Å². The quantitative estimate of drug-likeness (QED) is 0.661. The lowest BCUT2D eigenvalue weighted by Crippen LogP contribution is -2.06. The van der Waals surface area contributed by atoms with Crippen molar-refractivity contribution in [1.82, 2.24) is 0 Å². The Morgan fingerprint density at radius 1 is 1.07 bits per heavy atom. The number of nitrogens with zero attached hydrogens (tertiary/aromatic N) is 2. The third-order valence-electron chi connectivity index (χ3n) is 4.45. The van der Waals surface area contributed by atoms with Crippen LogP contribution in [0.15, 0.2) is 40.6 Å². The highest BCUT2D eigenvalue weighted by Crippen LogP contribution is 2.72. The van der Waals surface area contributed by atoms with Gasteiger partial charge in [-0.3, -0.25) is 0 Å². The molecular weight excluding hydrogens is 184 g/mol. The van der Waals surface area contributed by atoms with Gasteiger partial charge in [-0.05, 0) is 17.9 Å². The van der Waals surface area contributed by atoms with Crippen molar-refractivity contribution < 1.29 is 0 Å². The Bertz CT molecular complexity index is 421. The lowest BCUT2D eigenvalue weighted by molar-refractivity contribution is 0.448. The Balaban J connectivity index is 1.97. The number of azo groups is 1. The second-order valence-corrected chi connectivity index (χ2v) is 5.42. The van der Waals surface area contributed by atoms with Crippen molar-refractivity contribution in [3.63, 3.8) is 0 Å². The molecule has 0 radical (unpaired) electrons. The van der Waals surface area contributed by atoms with Crippen LogP contribution >= 0.6 is 0 Å². The number of benzene rings is 1. The molecule has 1 fully saturated rings. The van der Waals surface area contributed by atoms with Crippen LogP contribution in [0.3, 0.4) is 0 Å². The topological polar surface area (TPSA) is 24.7 Å². The van der Waals surface area contributed by atoms with E-state index in [0.717, 1.165) is 0 Å². The third kappa shape index (κ3) is 0.947. The van der Waals surface area contributed by atoms with E-state index in [1.165, 1.54) is 5.56 Å². The zero-order valence-electron chi connectivity index (χ0n) is 9.44. The summed E-state index contributed by atoms with van der Waals surface area (Å²) in [6.07, 6.45) is 0. The molecule has 2 unspecified atom stereocenters. The van der Waals surface area contributed by atoms with E-state index in [1.807, 2.05) is 6.07 Å². The van der Waals surface area contributed by atoms with E-state index in [0.29, 0.717) is 11.3 Å². The molecule has 3 rings (SSSR count). The Morgan fingerprint density at radius 2 is 1.73 bits per heavy atom. The van der Waals surface area contributed by atoms with Crippen LogP contribution in [0.1, 0.15) is 32.4 Å². The highest BCUT2D eigenvalue weighted by Gasteiger charge is 2.74. The predicted molar refractivity (Wildman–Crippen MR) is 59.7 cm³/mol. The smallest absolute Gasteiger partial charge is 0.102 e. The standard InChI is InChI=1S/C13H16N2/c1-12(2)11-10(14-15-13(11,12)3)9-7-5-4-6-8-9/h4-8,10-11H,1-3H3/t10-,11?,13?/m1/s1. The van der Waals surface area contributed by atoms with Crippen LogP contribution in [0, 0.1) is 11.3 Å². The second-order valence-electron chi connectivity index (χ2n) is 5.42. The summed E-state index contributed by atoms with van der Waals surface area (Å²) >= 11 is 0. The molecule has 1 heterocycles.